The Balaban J connectivity index is 1.93. The number of ketones is 1. The highest BCUT2D eigenvalue weighted by atomic mass is 32.2. The van der Waals surface area contributed by atoms with Gasteiger partial charge in [0, 0.05) is 25.6 Å². The van der Waals surface area contributed by atoms with Crippen LogP contribution in [0.15, 0.2) is 59.5 Å². The van der Waals surface area contributed by atoms with Crippen LogP contribution in [0.3, 0.4) is 0 Å². The van der Waals surface area contributed by atoms with Crippen LogP contribution in [0.2, 0.25) is 0 Å². The number of anilines is 2. The number of hydrogen-bond acceptors (Lipinski definition) is 4. The largest absolute Gasteiger partial charge is 0.326 e. The molecule has 0 unspecified atom stereocenters. The summed E-state index contributed by atoms with van der Waals surface area (Å²) < 4.78 is 27.0. The van der Waals surface area contributed by atoms with Gasteiger partial charge in [-0.05, 0) is 50.1 Å². The molecule has 1 amide bonds. The Morgan fingerprint density at radius 1 is 0.897 bits per heavy atom. The van der Waals surface area contributed by atoms with Crippen molar-refractivity contribution >= 4 is 33.1 Å². The first-order valence-electron chi connectivity index (χ1n) is 9.74. The summed E-state index contributed by atoms with van der Waals surface area (Å²) in [5.74, 6) is 0.0398. The molecule has 6 nitrogen and oxygen atoms in total. The number of benzene rings is 2. The first-order chi connectivity index (χ1) is 13.8. The molecule has 0 heterocycles. The first kappa shape index (κ1) is 22.6. The number of carbonyl (C=O) groups excluding carboxylic acids is 2. The van der Waals surface area contributed by atoms with Gasteiger partial charge in [0.1, 0.15) is 5.78 Å². The minimum absolute atomic E-state index is 0.117. The summed E-state index contributed by atoms with van der Waals surface area (Å²) in [5, 5.41) is 2.77. The third-order valence-corrected chi connectivity index (χ3v) is 6.36. The molecule has 2 aromatic rings. The highest BCUT2D eigenvalue weighted by Gasteiger charge is 2.21. The Hall–Kier alpha value is -2.67. The molecule has 0 aromatic heterocycles. The number of sulfonamides is 1. The van der Waals surface area contributed by atoms with Crippen LogP contribution in [0.4, 0.5) is 11.4 Å². The van der Waals surface area contributed by atoms with Crippen LogP contribution in [0.1, 0.15) is 45.4 Å². The Kier molecular flexibility index (Phi) is 8.39. The third kappa shape index (κ3) is 7.02. The van der Waals surface area contributed by atoms with E-state index in [0.717, 1.165) is 25.7 Å². The average molecular weight is 417 g/mol. The zero-order valence-electron chi connectivity index (χ0n) is 16.9. The molecule has 29 heavy (non-hydrogen) atoms. The molecule has 0 saturated carbocycles. The summed E-state index contributed by atoms with van der Waals surface area (Å²) in [6, 6.07) is 15.1. The van der Waals surface area contributed by atoms with Crippen molar-refractivity contribution in [3.05, 3.63) is 54.6 Å². The van der Waals surface area contributed by atoms with E-state index in [4.69, 9.17) is 0 Å². The van der Waals surface area contributed by atoms with E-state index in [1.165, 1.54) is 23.5 Å². The van der Waals surface area contributed by atoms with Crippen molar-refractivity contribution in [1.82, 2.24) is 0 Å². The molecule has 0 saturated heterocycles. The lowest BCUT2D eigenvalue weighted by Gasteiger charge is -2.19. The SMILES string of the molecule is CC(=O)CCCCCCC(=O)Nc1cccc(S(=O)(=O)N(C)c2ccccc2)c1. The maximum Gasteiger partial charge on any atom is 0.264 e. The molecule has 0 atom stereocenters. The van der Waals surface area contributed by atoms with Gasteiger partial charge in [-0.25, -0.2) is 8.42 Å². The van der Waals surface area contributed by atoms with Gasteiger partial charge >= 0.3 is 0 Å². The molecule has 1 N–H and O–H groups in total. The quantitative estimate of drug-likeness (QED) is 0.551. The highest BCUT2D eigenvalue weighted by molar-refractivity contribution is 7.92. The van der Waals surface area contributed by atoms with Crippen LogP contribution >= 0.6 is 0 Å². The lowest BCUT2D eigenvalue weighted by molar-refractivity contribution is -0.117. The predicted octanol–water partition coefficient (Wildman–Crippen LogP) is 4.38. The highest BCUT2D eigenvalue weighted by Crippen LogP contribution is 2.23. The van der Waals surface area contributed by atoms with E-state index < -0.39 is 10.0 Å². The summed E-state index contributed by atoms with van der Waals surface area (Å²) in [4.78, 5) is 23.2. The van der Waals surface area contributed by atoms with E-state index in [0.29, 0.717) is 24.2 Å². The number of nitrogens with zero attached hydrogens (tertiary/aromatic N) is 1. The fourth-order valence-corrected chi connectivity index (χ4v) is 4.15. The Labute approximate surface area is 173 Å². The number of para-hydroxylation sites is 1. The van der Waals surface area contributed by atoms with Gasteiger partial charge in [0.25, 0.3) is 10.0 Å². The van der Waals surface area contributed by atoms with Crippen LogP contribution in [0.25, 0.3) is 0 Å². The van der Waals surface area contributed by atoms with E-state index in [1.807, 2.05) is 6.07 Å². The number of unbranched alkanes of at least 4 members (excludes halogenated alkanes) is 3. The van der Waals surface area contributed by atoms with Crippen molar-refractivity contribution in [1.29, 1.82) is 0 Å². The lowest BCUT2D eigenvalue weighted by atomic mass is 10.1. The van der Waals surface area contributed by atoms with Gasteiger partial charge in [-0.3, -0.25) is 9.10 Å². The van der Waals surface area contributed by atoms with Crippen molar-refractivity contribution in [3.63, 3.8) is 0 Å². The van der Waals surface area contributed by atoms with Gasteiger partial charge in [-0.2, -0.15) is 0 Å². The summed E-state index contributed by atoms with van der Waals surface area (Å²) in [6.45, 7) is 1.58. The second-order valence-corrected chi connectivity index (χ2v) is 8.97. The number of amides is 1. The lowest BCUT2D eigenvalue weighted by Crippen LogP contribution is -2.26. The molecule has 2 aromatic carbocycles. The minimum Gasteiger partial charge on any atom is -0.326 e. The number of hydrogen-bond donors (Lipinski definition) is 1. The maximum absolute atomic E-state index is 12.9. The normalized spacial score (nSPS) is 11.1. The molecular weight excluding hydrogens is 388 g/mol. The van der Waals surface area contributed by atoms with Crippen molar-refractivity contribution in [2.24, 2.45) is 0 Å². The predicted molar refractivity (Wildman–Crippen MR) is 115 cm³/mol. The zero-order chi connectivity index (χ0) is 21.3. The zero-order valence-corrected chi connectivity index (χ0v) is 17.7. The summed E-state index contributed by atoms with van der Waals surface area (Å²) >= 11 is 0. The molecule has 0 radical (unpaired) electrons. The second-order valence-electron chi connectivity index (χ2n) is 7.00. The maximum atomic E-state index is 12.9. The molecule has 156 valence electrons. The fourth-order valence-electron chi connectivity index (χ4n) is 2.91. The van der Waals surface area contributed by atoms with Gasteiger partial charge < -0.3 is 10.1 Å². The fraction of sp³-hybridized carbons (Fsp3) is 0.364. The van der Waals surface area contributed by atoms with E-state index in [1.54, 1.807) is 43.3 Å². The van der Waals surface area contributed by atoms with Crippen molar-refractivity contribution in [2.45, 2.75) is 50.3 Å². The second kappa shape index (κ2) is 10.8. The van der Waals surface area contributed by atoms with Gasteiger partial charge in [-0.1, -0.05) is 37.1 Å². The molecule has 0 aliphatic carbocycles. The van der Waals surface area contributed by atoms with Crippen LogP contribution in [0, 0.1) is 0 Å². The van der Waals surface area contributed by atoms with Crippen LogP contribution in [0.5, 0.6) is 0 Å². The van der Waals surface area contributed by atoms with Gasteiger partial charge in [0.05, 0.1) is 10.6 Å². The molecular formula is C22H28N2O4S. The Morgan fingerprint density at radius 3 is 2.21 bits per heavy atom. The topological polar surface area (TPSA) is 83.5 Å². The Morgan fingerprint density at radius 2 is 1.55 bits per heavy atom. The molecule has 0 aliphatic rings. The van der Waals surface area contributed by atoms with Crippen LogP contribution in [-0.4, -0.2) is 27.2 Å². The average Bonchev–Trinajstić information content (AvgIpc) is 2.70. The summed E-state index contributed by atoms with van der Waals surface area (Å²) in [6.07, 6.45) is 4.35. The van der Waals surface area contributed by atoms with Gasteiger partial charge in [0.2, 0.25) is 5.91 Å². The van der Waals surface area contributed by atoms with Crippen molar-refractivity contribution in [2.75, 3.05) is 16.7 Å². The Bertz CT molecular complexity index is 927. The minimum atomic E-state index is -3.73. The van der Waals surface area contributed by atoms with E-state index in [9.17, 15) is 18.0 Å². The molecule has 0 aliphatic heterocycles. The molecule has 2 rings (SSSR count). The molecule has 0 bridgehead atoms. The monoisotopic (exact) mass is 416 g/mol. The summed E-state index contributed by atoms with van der Waals surface area (Å²) in [5.41, 5.74) is 1.01. The van der Waals surface area contributed by atoms with Gasteiger partial charge in [-0.15, -0.1) is 0 Å². The first-order valence-corrected chi connectivity index (χ1v) is 11.2. The number of nitrogens with one attached hydrogen (secondary N) is 1. The van der Waals surface area contributed by atoms with Crippen LogP contribution in [-0.2, 0) is 19.6 Å². The summed E-state index contributed by atoms with van der Waals surface area (Å²) in [7, 11) is -2.23. The number of rotatable bonds is 11. The van der Waals surface area contributed by atoms with E-state index in [2.05, 4.69) is 5.32 Å². The number of Topliss-reactive ketones (excluding diaryl/α,β-unsaturated/α-hetero) is 1. The van der Waals surface area contributed by atoms with Crippen LogP contribution < -0.4 is 9.62 Å². The molecule has 0 spiro atoms. The van der Waals surface area contributed by atoms with Crippen molar-refractivity contribution in [3.8, 4) is 0 Å². The molecule has 0 fully saturated rings. The molecule has 7 heteroatoms. The van der Waals surface area contributed by atoms with E-state index in [-0.39, 0.29) is 16.6 Å². The standard InChI is InChI=1S/C22H28N2O4S/c1-18(25)11-6-3-4-9-16-22(26)23-19-12-10-15-21(17-19)29(27,28)24(2)20-13-7-5-8-14-20/h5,7-8,10,12-15,17H,3-4,6,9,11,16H2,1-2H3,(H,23,26). The smallest absolute Gasteiger partial charge is 0.264 e. The van der Waals surface area contributed by atoms with Crippen molar-refractivity contribution < 1.29 is 18.0 Å². The number of carbonyl (C=O) groups is 2. The van der Waals surface area contributed by atoms with Gasteiger partial charge in [0.15, 0.2) is 0 Å². The van der Waals surface area contributed by atoms with E-state index >= 15 is 0 Å². The third-order valence-electron chi connectivity index (χ3n) is 4.58.